The Morgan fingerprint density at radius 2 is 2.28 bits per heavy atom. The highest BCUT2D eigenvalue weighted by Crippen LogP contribution is 2.26. The molecule has 6 heteroatoms. The van der Waals surface area contributed by atoms with Gasteiger partial charge in [-0.05, 0) is 23.8 Å². The van der Waals surface area contributed by atoms with Crippen LogP contribution in [-0.2, 0) is 10.5 Å². The molecule has 0 aliphatic rings. The lowest BCUT2D eigenvalue weighted by Gasteiger charge is -2.06. The Kier molecular flexibility index (Phi) is 6.53. The molecule has 0 fully saturated rings. The van der Waals surface area contributed by atoms with E-state index in [1.807, 2.05) is 12.1 Å². The highest BCUT2D eigenvalue weighted by Gasteiger charge is 2.12. The summed E-state index contributed by atoms with van der Waals surface area (Å²) in [5.41, 5.74) is 1.77. The summed E-state index contributed by atoms with van der Waals surface area (Å²) in [6.07, 6.45) is 1.02. The van der Waals surface area contributed by atoms with E-state index in [4.69, 9.17) is 4.74 Å². The molecular formula is C12H18N2O3S. The van der Waals surface area contributed by atoms with Gasteiger partial charge in [0.05, 0.1) is 4.92 Å². The van der Waals surface area contributed by atoms with Gasteiger partial charge in [-0.3, -0.25) is 10.1 Å². The summed E-state index contributed by atoms with van der Waals surface area (Å²) in [4.78, 5) is 10.4. The molecule has 0 saturated heterocycles. The Balaban J connectivity index is 2.54. The first-order chi connectivity index (χ1) is 8.69. The van der Waals surface area contributed by atoms with Crippen molar-refractivity contribution in [2.24, 2.45) is 0 Å². The quantitative estimate of drug-likeness (QED) is 0.447. The zero-order chi connectivity index (χ0) is 13.4. The van der Waals surface area contributed by atoms with Gasteiger partial charge in [0, 0.05) is 32.6 Å². The standard InChI is InChI=1S/C12H18N2O3S/c1-13-11-8-10(4-5-12(11)14(15)16)9-18-7-3-6-17-2/h4-5,8,13H,3,6-7,9H2,1-2H3. The zero-order valence-electron chi connectivity index (χ0n) is 10.6. The molecule has 0 aromatic heterocycles. The number of nitrogens with one attached hydrogen (secondary N) is 1. The average Bonchev–Trinajstić information content (AvgIpc) is 2.38. The second-order valence-corrected chi connectivity index (χ2v) is 4.86. The average molecular weight is 270 g/mol. The molecule has 0 saturated carbocycles. The molecule has 100 valence electrons. The number of thioether (sulfide) groups is 1. The van der Waals surface area contributed by atoms with Gasteiger partial charge in [0.1, 0.15) is 5.69 Å². The third kappa shape index (κ3) is 4.54. The molecule has 0 atom stereocenters. The van der Waals surface area contributed by atoms with Crippen molar-refractivity contribution in [3.05, 3.63) is 33.9 Å². The van der Waals surface area contributed by atoms with E-state index >= 15 is 0 Å². The molecule has 0 radical (unpaired) electrons. The number of rotatable bonds is 8. The van der Waals surface area contributed by atoms with Gasteiger partial charge in [0.2, 0.25) is 0 Å². The summed E-state index contributed by atoms with van der Waals surface area (Å²) >= 11 is 1.80. The number of hydrogen-bond acceptors (Lipinski definition) is 5. The lowest BCUT2D eigenvalue weighted by Crippen LogP contribution is -1.97. The van der Waals surface area contributed by atoms with Gasteiger partial charge < -0.3 is 10.1 Å². The highest BCUT2D eigenvalue weighted by atomic mass is 32.2. The third-order valence-corrected chi connectivity index (χ3v) is 3.55. The van der Waals surface area contributed by atoms with E-state index in [1.165, 1.54) is 0 Å². The summed E-state index contributed by atoms with van der Waals surface area (Å²) in [7, 11) is 3.39. The van der Waals surface area contributed by atoms with Gasteiger partial charge in [-0.15, -0.1) is 0 Å². The maximum atomic E-state index is 10.8. The molecule has 0 unspecified atom stereocenters. The predicted octanol–water partition coefficient (Wildman–Crippen LogP) is 2.91. The lowest BCUT2D eigenvalue weighted by molar-refractivity contribution is -0.383. The largest absolute Gasteiger partial charge is 0.385 e. The van der Waals surface area contributed by atoms with Crippen LogP contribution in [-0.4, -0.2) is 31.4 Å². The van der Waals surface area contributed by atoms with Crippen LogP contribution in [0.25, 0.3) is 0 Å². The van der Waals surface area contributed by atoms with Crippen molar-refractivity contribution in [2.45, 2.75) is 12.2 Å². The van der Waals surface area contributed by atoms with Crippen LogP contribution in [0.2, 0.25) is 0 Å². The normalized spacial score (nSPS) is 10.3. The highest BCUT2D eigenvalue weighted by molar-refractivity contribution is 7.98. The van der Waals surface area contributed by atoms with E-state index < -0.39 is 0 Å². The first-order valence-electron chi connectivity index (χ1n) is 5.70. The molecular weight excluding hydrogens is 252 g/mol. The minimum Gasteiger partial charge on any atom is -0.385 e. The predicted molar refractivity (Wildman–Crippen MR) is 75.3 cm³/mol. The van der Waals surface area contributed by atoms with Crippen LogP contribution in [0.15, 0.2) is 18.2 Å². The number of ether oxygens (including phenoxy) is 1. The van der Waals surface area contributed by atoms with Gasteiger partial charge in [-0.2, -0.15) is 11.8 Å². The van der Waals surface area contributed by atoms with E-state index in [0.29, 0.717) is 5.69 Å². The number of nitro benzene ring substituents is 1. The van der Waals surface area contributed by atoms with E-state index in [9.17, 15) is 10.1 Å². The summed E-state index contributed by atoms with van der Waals surface area (Å²) in [5, 5.41) is 13.6. The van der Waals surface area contributed by atoms with Crippen LogP contribution in [0.3, 0.4) is 0 Å². The number of anilines is 1. The van der Waals surface area contributed by atoms with Crippen molar-refractivity contribution >= 4 is 23.1 Å². The summed E-state index contributed by atoms with van der Waals surface area (Å²) in [6.45, 7) is 0.773. The summed E-state index contributed by atoms with van der Waals surface area (Å²) in [6, 6.07) is 5.20. The van der Waals surface area contributed by atoms with Gasteiger partial charge >= 0.3 is 0 Å². The molecule has 1 aromatic rings. The second-order valence-electron chi connectivity index (χ2n) is 3.76. The smallest absolute Gasteiger partial charge is 0.292 e. The van der Waals surface area contributed by atoms with E-state index in [-0.39, 0.29) is 10.6 Å². The minimum absolute atomic E-state index is 0.116. The Hall–Kier alpha value is -1.27. The van der Waals surface area contributed by atoms with E-state index in [2.05, 4.69) is 5.32 Å². The number of nitrogens with zero attached hydrogens (tertiary/aromatic N) is 1. The molecule has 0 aliphatic heterocycles. The van der Waals surface area contributed by atoms with Crippen LogP contribution in [0.1, 0.15) is 12.0 Å². The molecule has 0 bridgehead atoms. The van der Waals surface area contributed by atoms with Gasteiger partial charge in [-0.1, -0.05) is 6.07 Å². The first kappa shape index (κ1) is 14.8. The second kappa shape index (κ2) is 7.94. The number of benzene rings is 1. The van der Waals surface area contributed by atoms with Crippen molar-refractivity contribution in [1.29, 1.82) is 0 Å². The van der Waals surface area contributed by atoms with Crippen molar-refractivity contribution in [2.75, 3.05) is 31.8 Å². The molecule has 0 amide bonds. The van der Waals surface area contributed by atoms with Crippen molar-refractivity contribution < 1.29 is 9.66 Å². The molecule has 0 spiro atoms. The molecule has 0 aliphatic carbocycles. The Labute approximate surface area is 111 Å². The summed E-state index contributed by atoms with van der Waals surface area (Å²) in [5.74, 6) is 1.89. The van der Waals surface area contributed by atoms with Crippen LogP contribution in [0.4, 0.5) is 11.4 Å². The Morgan fingerprint density at radius 1 is 1.50 bits per heavy atom. The van der Waals surface area contributed by atoms with E-state index in [0.717, 1.165) is 30.1 Å². The van der Waals surface area contributed by atoms with Gasteiger partial charge in [-0.25, -0.2) is 0 Å². The molecule has 18 heavy (non-hydrogen) atoms. The monoisotopic (exact) mass is 270 g/mol. The van der Waals surface area contributed by atoms with Crippen molar-refractivity contribution in [1.82, 2.24) is 0 Å². The maximum absolute atomic E-state index is 10.8. The lowest BCUT2D eigenvalue weighted by atomic mass is 10.2. The van der Waals surface area contributed by atoms with Crippen LogP contribution >= 0.6 is 11.8 Å². The first-order valence-corrected chi connectivity index (χ1v) is 6.86. The SMILES string of the molecule is CNc1cc(CSCCCOC)ccc1[N+](=O)[O-]. The van der Waals surface area contributed by atoms with Crippen LogP contribution in [0, 0.1) is 10.1 Å². The fraction of sp³-hybridized carbons (Fsp3) is 0.500. The fourth-order valence-electron chi connectivity index (χ4n) is 1.53. The molecule has 5 nitrogen and oxygen atoms in total. The van der Waals surface area contributed by atoms with Crippen LogP contribution < -0.4 is 5.32 Å². The number of nitro groups is 1. The zero-order valence-corrected chi connectivity index (χ0v) is 11.5. The molecule has 1 N–H and O–H groups in total. The third-order valence-electron chi connectivity index (χ3n) is 2.43. The Bertz CT molecular complexity index is 399. The fourth-order valence-corrected chi connectivity index (χ4v) is 2.41. The summed E-state index contributed by atoms with van der Waals surface area (Å²) < 4.78 is 4.97. The molecule has 0 heterocycles. The van der Waals surface area contributed by atoms with Gasteiger partial charge in [0.15, 0.2) is 0 Å². The van der Waals surface area contributed by atoms with Crippen molar-refractivity contribution in [3.8, 4) is 0 Å². The Morgan fingerprint density at radius 3 is 2.89 bits per heavy atom. The van der Waals surface area contributed by atoms with Gasteiger partial charge in [0.25, 0.3) is 5.69 Å². The topological polar surface area (TPSA) is 64.4 Å². The van der Waals surface area contributed by atoms with E-state index in [1.54, 1.807) is 32.0 Å². The number of hydrogen-bond donors (Lipinski definition) is 1. The maximum Gasteiger partial charge on any atom is 0.292 e. The minimum atomic E-state index is -0.374. The molecule has 1 rings (SSSR count). The van der Waals surface area contributed by atoms with Crippen molar-refractivity contribution in [3.63, 3.8) is 0 Å². The van der Waals surface area contributed by atoms with Crippen LogP contribution in [0.5, 0.6) is 0 Å². The number of methoxy groups -OCH3 is 1. The molecule has 1 aromatic carbocycles.